The number of carbonyl (C=O) groups excluding carboxylic acids is 1. The van der Waals surface area contributed by atoms with Gasteiger partial charge >= 0.3 is 0 Å². The number of nitriles is 1. The van der Waals surface area contributed by atoms with Gasteiger partial charge in [-0.05, 0) is 43.2 Å². The summed E-state index contributed by atoms with van der Waals surface area (Å²) >= 11 is 0. The molecule has 0 atom stereocenters. The van der Waals surface area contributed by atoms with Gasteiger partial charge in [0.1, 0.15) is 5.65 Å². The quantitative estimate of drug-likeness (QED) is 0.298. The van der Waals surface area contributed by atoms with Crippen molar-refractivity contribution >= 4 is 32.7 Å². The lowest BCUT2D eigenvalue weighted by Gasteiger charge is -2.37. The number of aromatic nitrogens is 4. The van der Waals surface area contributed by atoms with E-state index < -0.39 is 10.0 Å². The predicted octanol–water partition coefficient (Wildman–Crippen LogP) is 2.17. The maximum Gasteiger partial charge on any atom is 0.258 e. The fourth-order valence-electron chi connectivity index (χ4n) is 4.16. The molecule has 36 heavy (non-hydrogen) atoms. The number of pyridine rings is 3. The zero-order chi connectivity index (χ0) is 25.3. The van der Waals surface area contributed by atoms with Crippen LogP contribution in [0.1, 0.15) is 28.8 Å². The summed E-state index contributed by atoms with van der Waals surface area (Å²) in [6.07, 6.45) is 7.48. The Morgan fingerprint density at radius 2 is 1.92 bits per heavy atom. The second kappa shape index (κ2) is 9.37. The van der Waals surface area contributed by atoms with E-state index in [1.807, 2.05) is 12.1 Å². The van der Waals surface area contributed by atoms with Crippen molar-refractivity contribution in [3.05, 3.63) is 66.2 Å². The van der Waals surface area contributed by atoms with Gasteiger partial charge in [-0.3, -0.25) is 9.78 Å². The van der Waals surface area contributed by atoms with E-state index in [9.17, 15) is 13.2 Å². The molecule has 0 bridgehead atoms. The molecule has 4 aromatic heterocycles. The number of aromatic amines is 1. The van der Waals surface area contributed by atoms with Crippen LogP contribution in [-0.4, -0.2) is 53.4 Å². The van der Waals surface area contributed by atoms with Crippen molar-refractivity contribution < 1.29 is 13.2 Å². The van der Waals surface area contributed by atoms with Crippen molar-refractivity contribution in [1.82, 2.24) is 30.0 Å². The molecule has 4 heterocycles. The van der Waals surface area contributed by atoms with Gasteiger partial charge in [0.25, 0.3) is 15.9 Å². The number of nitrogens with zero attached hydrogens (tertiary/aromatic N) is 4. The molecule has 1 saturated carbocycles. The van der Waals surface area contributed by atoms with Gasteiger partial charge in [0.05, 0.1) is 23.0 Å². The number of hydrogen-bond donors (Lipinski definition) is 4. The fraction of sp³-hybridized carbons (Fsp3) is 0.208. The highest BCUT2D eigenvalue weighted by atomic mass is 32.2. The van der Waals surface area contributed by atoms with Gasteiger partial charge in [-0.15, -0.1) is 0 Å². The highest BCUT2D eigenvalue weighted by molar-refractivity contribution is 7.89. The van der Waals surface area contributed by atoms with Gasteiger partial charge in [-0.25, -0.2) is 23.1 Å². The van der Waals surface area contributed by atoms with Crippen LogP contribution in [0.3, 0.4) is 0 Å². The van der Waals surface area contributed by atoms with Crippen LogP contribution in [0.25, 0.3) is 22.3 Å². The number of anilines is 1. The van der Waals surface area contributed by atoms with E-state index in [0.717, 1.165) is 16.6 Å². The summed E-state index contributed by atoms with van der Waals surface area (Å²) in [5, 5.41) is 15.8. The first kappa shape index (κ1) is 23.4. The topological polar surface area (TPSA) is 166 Å². The molecule has 1 aliphatic rings. The summed E-state index contributed by atoms with van der Waals surface area (Å²) in [7, 11) is -2.27. The van der Waals surface area contributed by atoms with Crippen molar-refractivity contribution in [2.75, 3.05) is 12.4 Å². The van der Waals surface area contributed by atoms with E-state index in [0.29, 0.717) is 29.7 Å². The highest BCUT2D eigenvalue weighted by Crippen LogP contribution is 2.36. The Balaban J connectivity index is 1.35. The van der Waals surface area contributed by atoms with Crippen LogP contribution in [0.5, 0.6) is 0 Å². The molecule has 0 radical (unpaired) electrons. The zero-order valence-electron chi connectivity index (χ0n) is 19.2. The number of rotatable bonds is 7. The molecule has 1 amide bonds. The largest absolute Gasteiger partial charge is 0.381 e. The summed E-state index contributed by atoms with van der Waals surface area (Å²) in [6.45, 7) is 0. The van der Waals surface area contributed by atoms with Crippen LogP contribution in [-0.2, 0) is 10.0 Å². The summed E-state index contributed by atoms with van der Waals surface area (Å²) in [6, 6.07) is 9.60. The number of nitrogens with one attached hydrogen (secondary N) is 4. The van der Waals surface area contributed by atoms with Gasteiger partial charge < -0.3 is 15.6 Å². The molecular weight excluding hydrogens is 480 g/mol. The van der Waals surface area contributed by atoms with Crippen LogP contribution >= 0.6 is 0 Å². The number of sulfonamides is 1. The van der Waals surface area contributed by atoms with Crippen LogP contribution in [0.2, 0.25) is 0 Å². The number of carbonyl (C=O) groups is 1. The monoisotopic (exact) mass is 502 g/mol. The summed E-state index contributed by atoms with van der Waals surface area (Å²) in [4.78, 5) is 28.0. The molecule has 0 aliphatic heterocycles. The first-order valence-corrected chi connectivity index (χ1v) is 12.7. The lowest BCUT2D eigenvalue weighted by atomic mass is 9.87. The molecule has 4 aromatic rings. The third-order valence-electron chi connectivity index (χ3n) is 6.06. The second-order valence-corrected chi connectivity index (χ2v) is 10.1. The molecule has 1 fully saturated rings. The Hall–Kier alpha value is -4.34. The molecule has 0 spiro atoms. The Morgan fingerprint density at radius 3 is 2.69 bits per heavy atom. The van der Waals surface area contributed by atoms with Crippen LogP contribution in [0, 0.1) is 11.3 Å². The number of amides is 1. The number of fused-ring (bicyclic) bond motifs is 1. The molecule has 0 saturated heterocycles. The third-order valence-corrected chi connectivity index (χ3v) is 7.48. The Morgan fingerprint density at radius 1 is 1.11 bits per heavy atom. The summed E-state index contributed by atoms with van der Waals surface area (Å²) in [5.74, 6) is -0.215. The smallest absolute Gasteiger partial charge is 0.258 e. The van der Waals surface area contributed by atoms with Gasteiger partial charge in [-0.1, -0.05) is 0 Å². The maximum absolute atomic E-state index is 12.7. The van der Waals surface area contributed by atoms with E-state index in [2.05, 4.69) is 35.3 Å². The Bertz CT molecular complexity index is 1600. The second-order valence-electron chi connectivity index (χ2n) is 8.42. The SMILES string of the molecule is CNC(=O)c1ccnc(-c2cnc3[nH]ccc3c2N[C@H]2C[C@@H](NS(=O)(=O)c3cc(C#N)ccn3)C2)c1. The van der Waals surface area contributed by atoms with Crippen LogP contribution in [0.4, 0.5) is 5.69 Å². The normalized spacial score (nSPS) is 17.2. The van der Waals surface area contributed by atoms with E-state index in [4.69, 9.17) is 5.26 Å². The molecule has 12 heteroatoms. The van der Waals surface area contributed by atoms with Crippen molar-refractivity contribution in [3.63, 3.8) is 0 Å². The molecule has 4 N–H and O–H groups in total. The van der Waals surface area contributed by atoms with E-state index >= 15 is 0 Å². The van der Waals surface area contributed by atoms with Crippen molar-refractivity contribution in [3.8, 4) is 17.3 Å². The highest BCUT2D eigenvalue weighted by Gasteiger charge is 2.34. The molecular formula is C24H22N8O3S. The predicted molar refractivity (Wildman–Crippen MR) is 132 cm³/mol. The molecule has 0 aromatic carbocycles. The Labute approximate surface area is 207 Å². The van der Waals surface area contributed by atoms with Gasteiger partial charge in [-0.2, -0.15) is 5.26 Å². The number of H-pyrrole nitrogens is 1. The standard InChI is InChI=1S/C24H22N8O3S/c1-26-24(33)15-3-6-27-20(9-15)19-13-30-23-18(4-7-29-23)22(19)31-16-10-17(11-16)32-36(34,35)21-8-14(12-25)2-5-28-21/h2-9,13,16-17,32H,10-11H2,1H3,(H,26,33)(H2,29,30,31)/t16-,17+. The van der Waals surface area contributed by atoms with Crippen LogP contribution < -0.4 is 15.4 Å². The lowest BCUT2D eigenvalue weighted by Crippen LogP contribution is -2.49. The average molecular weight is 503 g/mol. The average Bonchev–Trinajstić information content (AvgIpc) is 3.36. The third kappa shape index (κ3) is 4.49. The summed E-state index contributed by atoms with van der Waals surface area (Å²) in [5.41, 5.74) is 3.54. The minimum Gasteiger partial charge on any atom is -0.381 e. The van der Waals surface area contributed by atoms with Crippen LogP contribution in [0.15, 0.2) is 60.1 Å². The first-order chi connectivity index (χ1) is 17.4. The summed E-state index contributed by atoms with van der Waals surface area (Å²) < 4.78 is 28.1. The van der Waals surface area contributed by atoms with Crippen molar-refractivity contribution in [2.45, 2.75) is 30.0 Å². The minimum atomic E-state index is -3.84. The molecule has 0 unspecified atom stereocenters. The first-order valence-electron chi connectivity index (χ1n) is 11.2. The number of hydrogen-bond acceptors (Lipinski definition) is 8. The van der Waals surface area contributed by atoms with E-state index in [1.54, 1.807) is 37.8 Å². The maximum atomic E-state index is 12.7. The van der Waals surface area contributed by atoms with Gasteiger partial charge in [0.15, 0.2) is 5.03 Å². The molecule has 11 nitrogen and oxygen atoms in total. The fourth-order valence-corrected chi connectivity index (χ4v) is 5.40. The zero-order valence-corrected chi connectivity index (χ0v) is 20.0. The van der Waals surface area contributed by atoms with E-state index in [1.165, 1.54) is 18.3 Å². The Kier molecular flexibility index (Phi) is 6.09. The minimum absolute atomic E-state index is 0.00234. The van der Waals surface area contributed by atoms with Crippen molar-refractivity contribution in [1.29, 1.82) is 5.26 Å². The molecule has 1 aliphatic carbocycles. The molecule has 182 valence electrons. The van der Waals surface area contributed by atoms with Crippen molar-refractivity contribution in [2.24, 2.45) is 0 Å². The van der Waals surface area contributed by atoms with E-state index in [-0.39, 0.29) is 28.6 Å². The molecule has 5 rings (SSSR count). The van der Waals surface area contributed by atoms with Gasteiger partial charge in [0.2, 0.25) is 0 Å². The van der Waals surface area contributed by atoms with Gasteiger partial charge in [0, 0.05) is 60.4 Å². The lowest BCUT2D eigenvalue weighted by molar-refractivity contribution is 0.0963.